The lowest BCUT2D eigenvalue weighted by Gasteiger charge is -2.56. The van der Waals surface area contributed by atoms with Crippen LogP contribution in [0.2, 0.25) is 0 Å². The number of nitrogens with zero attached hydrogens (tertiary/aromatic N) is 6. The molecule has 2 aromatic carbocycles. The summed E-state index contributed by atoms with van der Waals surface area (Å²) in [6, 6.07) is 17.7. The van der Waals surface area contributed by atoms with E-state index in [-0.39, 0.29) is 23.3 Å². The normalized spacial score (nSPS) is 27.0. The summed E-state index contributed by atoms with van der Waals surface area (Å²) in [6.45, 7) is 3.32. The van der Waals surface area contributed by atoms with Crippen LogP contribution < -0.4 is 19.7 Å². The van der Waals surface area contributed by atoms with Crippen LogP contribution in [0.1, 0.15) is 117 Å². The van der Waals surface area contributed by atoms with Crippen molar-refractivity contribution < 1.29 is 27.1 Å². The smallest absolute Gasteiger partial charge is 0.268 e. The molecule has 68 heavy (non-hydrogen) atoms. The molecule has 18 heteroatoms. The predicted molar refractivity (Wildman–Crippen MR) is 263 cm³/mol. The molecule has 3 N–H and O–H groups in total. The van der Waals surface area contributed by atoms with Gasteiger partial charge in [-0.2, -0.15) is 0 Å². The zero-order chi connectivity index (χ0) is 46.6. The Labute approximate surface area is 398 Å². The average molecular weight is 964 g/mol. The molecule has 360 valence electrons. The van der Waals surface area contributed by atoms with Crippen molar-refractivity contribution in [2.45, 2.75) is 120 Å². The lowest BCUT2D eigenvalue weighted by atomic mass is 9.59. The van der Waals surface area contributed by atoms with Crippen molar-refractivity contribution in [1.29, 1.82) is 0 Å². The number of carbonyl (C=O) groups excluding carboxylic acids is 1. The number of sulfonamides is 1. The number of carbonyl (C=O) groups is 1. The standard InChI is InChI=1S/C50H61N9O7S2/c60-49(56-68(64,65)40-27-45(59(61)62)48(54-32-40)52-30-33-8-12-36(13-9-33)55-67(63)23-4-24-67)43-15-14-37(26-46(43)66-39-25-35-16-19-51-47(35)53-31-39)57-21-17-50(18-22-57)28-38(29-50)58-20-3-7-44(58)42-6-2-1-5-41(42)34-10-11-34/h1-2,5-6,14-16,19,25-27,31-34,36,38,44-45,48,52H,3-4,7-13,17-18,20-24,28-30H2,(H,51,53)(H,56,60)/t33?,36?,44-,45?,48?/m1/s1. The number of fused-ring (bicyclic) bond motifs is 1. The Balaban J connectivity index is 0.750. The molecule has 1 amide bonds. The lowest BCUT2D eigenvalue weighted by Crippen LogP contribution is -2.54. The molecule has 2 aromatic heterocycles. The number of nitro groups is 1. The molecule has 16 nitrogen and oxygen atoms in total. The number of aromatic amines is 1. The summed E-state index contributed by atoms with van der Waals surface area (Å²) >= 11 is 0. The number of likely N-dealkylation sites (tertiary alicyclic amines) is 1. The summed E-state index contributed by atoms with van der Waals surface area (Å²) in [4.78, 5) is 42.2. The average Bonchev–Trinajstić information content (AvgIpc) is 3.87. The van der Waals surface area contributed by atoms with Gasteiger partial charge in [0.1, 0.15) is 22.1 Å². The van der Waals surface area contributed by atoms with Crippen LogP contribution in [-0.2, 0) is 19.8 Å². The van der Waals surface area contributed by atoms with Crippen molar-refractivity contribution in [2.75, 3.05) is 42.6 Å². The van der Waals surface area contributed by atoms with Gasteiger partial charge >= 0.3 is 0 Å². The van der Waals surface area contributed by atoms with Gasteiger partial charge in [0.05, 0.1) is 17.8 Å². The van der Waals surface area contributed by atoms with E-state index >= 15 is 0 Å². The fourth-order valence-corrected chi connectivity index (χ4v) is 14.6. The SMILES string of the molecule is O=C(NS(=O)(=O)C1=CC([N+](=O)[O-])C(NCC2CCC(N=S3(=O)CCC3)CC2)N=C1)c1ccc(N2CCC3(CC2)CC(N2CCC[C@@H]2c2ccccc2C2CC2)C3)cc1Oc1cnc2[nH]ccc2c1. The number of allylic oxidation sites excluding steroid dienone is 1. The highest BCUT2D eigenvalue weighted by Gasteiger charge is 2.50. The molecule has 3 saturated carbocycles. The third-order valence-electron chi connectivity index (χ3n) is 16.0. The van der Waals surface area contributed by atoms with E-state index in [1.165, 1.54) is 45.1 Å². The van der Waals surface area contributed by atoms with Crippen LogP contribution >= 0.6 is 0 Å². The summed E-state index contributed by atoms with van der Waals surface area (Å²) in [5, 5.41) is 16.3. The van der Waals surface area contributed by atoms with Gasteiger partial charge in [-0.15, -0.1) is 0 Å². The maximum atomic E-state index is 14.0. The third-order valence-corrected chi connectivity index (χ3v) is 19.8. The van der Waals surface area contributed by atoms with Gasteiger partial charge in [-0.3, -0.25) is 30.1 Å². The quantitative estimate of drug-likeness (QED) is 0.0820. The summed E-state index contributed by atoms with van der Waals surface area (Å²) in [5.41, 5.74) is 4.95. The summed E-state index contributed by atoms with van der Waals surface area (Å²) in [5.74, 6) is 1.93. The number of amides is 1. The largest absolute Gasteiger partial charge is 0.455 e. The van der Waals surface area contributed by atoms with E-state index in [9.17, 15) is 27.5 Å². The number of hydrogen-bond acceptors (Lipinski definition) is 13. The molecular formula is C50H61N9O7S2. The Kier molecular flexibility index (Phi) is 12.2. The molecule has 2 unspecified atom stereocenters. The molecule has 3 saturated heterocycles. The van der Waals surface area contributed by atoms with Crippen LogP contribution in [0, 0.1) is 21.4 Å². The first-order valence-electron chi connectivity index (χ1n) is 24.7. The van der Waals surface area contributed by atoms with Crippen LogP contribution in [0.25, 0.3) is 11.0 Å². The first-order valence-corrected chi connectivity index (χ1v) is 28.0. The minimum Gasteiger partial charge on any atom is -0.455 e. The van der Waals surface area contributed by atoms with E-state index in [0.717, 1.165) is 87.3 Å². The van der Waals surface area contributed by atoms with Crippen LogP contribution in [-0.4, -0.2) is 107 Å². The second-order valence-electron chi connectivity index (χ2n) is 20.4. The van der Waals surface area contributed by atoms with E-state index in [2.05, 4.69) is 63.4 Å². The lowest BCUT2D eigenvalue weighted by molar-refractivity contribution is -0.513. The van der Waals surface area contributed by atoms with E-state index < -0.39 is 47.7 Å². The molecule has 6 heterocycles. The van der Waals surface area contributed by atoms with Crippen LogP contribution in [0.4, 0.5) is 5.69 Å². The van der Waals surface area contributed by atoms with Gasteiger partial charge in [-0.25, -0.2) is 26.7 Å². The number of anilines is 1. The van der Waals surface area contributed by atoms with Crippen molar-refractivity contribution in [3.05, 3.63) is 105 Å². The molecule has 4 aromatic rings. The number of rotatable bonds is 14. The molecule has 6 fully saturated rings. The van der Waals surface area contributed by atoms with E-state index in [1.54, 1.807) is 41.7 Å². The zero-order valence-electron chi connectivity index (χ0n) is 38.3. The van der Waals surface area contributed by atoms with Gasteiger partial charge in [0.25, 0.3) is 22.0 Å². The second-order valence-corrected chi connectivity index (χ2v) is 24.7. The summed E-state index contributed by atoms with van der Waals surface area (Å²) < 4.78 is 53.4. The number of piperidine rings is 1. The Morgan fingerprint density at radius 2 is 1.75 bits per heavy atom. The molecule has 7 aliphatic rings. The number of ether oxygens (including phenoxy) is 1. The number of benzene rings is 2. The second kappa shape index (κ2) is 18.3. The van der Waals surface area contributed by atoms with Crippen LogP contribution in [0.5, 0.6) is 11.5 Å². The summed E-state index contributed by atoms with van der Waals surface area (Å²) in [6.07, 6.45) is 18.4. The summed E-state index contributed by atoms with van der Waals surface area (Å²) in [7, 11) is -6.61. The molecule has 11 rings (SSSR count). The molecule has 3 aliphatic carbocycles. The maximum absolute atomic E-state index is 14.0. The molecule has 3 atom stereocenters. The number of pyridine rings is 1. The van der Waals surface area contributed by atoms with Gasteiger partial charge in [0.15, 0.2) is 6.17 Å². The van der Waals surface area contributed by atoms with Crippen molar-refractivity contribution in [1.82, 2.24) is 24.9 Å². The highest BCUT2D eigenvalue weighted by atomic mass is 32.2. The number of aromatic nitrogens is 2. The molecular weight excluding hydrogens is 903 g/mol. The van der Waals surface area contributed by atoms with Crippen molar-refractivity contribution >= 4 is 48.6 Å². The van der Waals surface area contributed by atoms with Gasteiger partial charge in [-0.05, 0) is 143 Å². The number of H-pyrrole nitrogens is 1. The third kappa shape index (κ3) is 9.32. The monoisotopic (exact) mass is 963 g/mol. The Morgan fingerprint density at radius 1 is 0.971 bits per heavy atom. The van der Waals surface area contributed by atoms with E-state index in [0.29, 0.717) is 46.9 Å². The van der Waals surface area contributed by atoms with Crippen molar-refractivity contribution in [3.8, 4) is 11.5 Å². The maximum Gasteiger partial charge on any atom is 0.268 e. The first-order chi connectivity index (χ1) is 32.9. The first kappa shape index (κ1) is 45.3. The number of hydrogen-bond donors (Lipinski definition) is 3. The molecule has 1 spiro atoms. The van der Waals surface area contributed by atoms with Gasteiger partial charge < -0.3 is 14.6 Å². The fraction of sp³-hybridized carbons (Fsp3) is 0.540. The van der Waals surface area contributed by atoms with Gasteiger partial charge in [-0.1, -0.05) is 24.3 Å². The number of nitrogens with one attached hydrogen (secondary N) is 3. The van der Waals surface area contributed by atoms with E-state index in [4.69, 9.17) is 4.74 Å². The van der Waals surface area contributed by atoms with Gasteiger partial charge in [0, 0.05) is 93.5 Å². The number of dihydropyridines is 1. The highest BCUT2D eigenvalue weighted by Crippen LogP contribution is 2.55. The minimum absolute atomic E-state index is 0.0222. The predicted octanol–water partition coefficient (Wildman–Crippen LogP) is 7.84. The van der Waals surface area contributed by atoms with Crippen molar-refractivity contribution in [2.24, 2.45) is 20.7 Å². The fourth-order valence-electron chi connectivity index (χ4n) is 11.8. The van der Waals surface area contributed by atoms with Crippen LogP contribution in [0.15, 0.2) is 87.3 Å². The minimum atomic E-state index is -4.60. The molecule has 0 radical (unpaired) electrons. The Bertz CT molecular complexity index is 2870. The highest BCUT2D eigenvalue weighted by molar-refractivity contribution is 7.95. The van der Waals surface area contributed by atoms with Gasteiger partial charge in [0.2, 0.25) is 0 Å². The zero-order valence-corrected chi connectivity index (χ0v) is 40.0. The topological polar surface area (TPSA) is 205 Å². The van der Waals surface area contributed by atoms with E-state index in [1.807, 2.05) is 12.1 Å². The molecule has 4 aliphatic heterocycles. The molecule has 0 bridgehead atoms. The Morgan fingerprint density at radius 3 is 2.49 bits per heavy atom. The van der Waals surface area contributed by atoms with Crippen molar-refractivity contribution in [3.63, 3.8) is 0 Å². The number of aliphatic imine (C=N–C) groups is 1. The Hall–Kier alpha value is -5.17. The van der Waals surface area contributed by atoms with Crippen LogP contribution in [0.3, 0.4) is 0 Å².